The van der Waals surface area contributed by atoms with E-state index in [1.165, 1.54) is 6.07 Å². The van der Waals surface area contributed by atoms with Crippen molar-refractivity contribution in [3.63, 3.8) is 0 Å². The molecule has 4 aliphatic heterocycles. The summed E-state index contributed by atoms with van der Waals surface area (Å²) in [5.41, 5.74) is 0.962. The molecule has 59 heavy (non-hydrogen) atoms. The van der Waals surface area contributed by atoms with Gasteiger partial charge in [0.15, 0.2) is 11.5 Å². The number of nitrogens with one attached hydrogen (secondary N) is 2. The number of rotatable bonds is 8. The summed E-state index contributed by atoms with van der Waals surface area (Å²) in [4.78, 5) is 71.1. The van der Waals surface area contributed by atoms with E-state index < -0.39 is 35.5 Å². The van der Waals surface area contributed by atoms with Crippen LogP contribution < -0.4 is 25.2 Å². The van der Waals surface area contributed by atoms with Gasteiger partial charge in [-0.05, 0) is 93.2 Å². The Morgan fingerprint density at radius 3 is 2.24 bits per heavy atom. The molecule has 2 aliphatic carbocycles. The van der Waals surface area contributed by atoms with Crippen LogP contribution in [0, 0.1) is 29.0 Å². The summed E-state index contributed by atoms with van der Waals surface area (Å²) in [6, 6.07) is 12.6. The number of ether oxygens (including phenoxy) is 1. The highest BCUT2D eigenvalue weighted by molar-refractivity contribution is 6.31. The molecule has 3 saturated heterocycles. The van der Waals surface area contributed by atoms with Crippen LogP contribution >= 0.6 is 11.6 Å². The predicted octanol–water partition coefficient (Wildman–Crippen LogP) is 3.70. The molecule has 2 unspecified atom stereocenters. The molecule has 15 nitrogen and oxygen atoms in total. The Morgan fingerprint density at radius 1 is 0.881 bits per heavy atom. The van der Waals surface area contributed by atoms with Crippen LogP contribution in [-0.2, 0) is 9.59 Å². The highest BCUT2D eigenvalue weighted by Gasteiger charge is 2.46. The highest BCUT2D eigenvalue weighted by Crippen LogP contribution is 2.42. The SMILES string of the molecule is N#Cc1ccc(O[C@H]2CC[C@H](NC(=O)c3ccc(N4CC5C[C@@H](N6CCN(c7cc8c(cc7F)C(=O)N(C7CCC(=O)NC7=O)C8=O)CC6)C[C@H]5C4)nn3)CC2)cc1Cl. The largest absolute Gasteiger partial charge is 0.490 e. The second-order valence-corrected chi connectivity index (χ2v) is 16.9. The van der Waals surface area contributed by atoms with Gasteiger partial charge in [0.1, 0.15) is 23.7 Å². The Balaban J connectivity index is 0.728. The average Bonchev–Trinajstić information content (AvgIpc) is 3.89. The second kappa shape index (κ2) is 15.8. The minimum Gasteiger partial charge on any atom is -0.490 e. The van der Waals surface area contributed by atoms with E-state index in [4.69, 9.17) is 21.6 Å². The van der Waals surface area contributed by atoms with E-state index in [2.05, 4.69) is 30.6 Å². The van der Waals surface area contributed by atoms with E-state index in [0.29, 0.717) is 47.3 Å². The van der Waals surface area contributed by atoms with Crippen molar-refractivity contribution in [3.05, 3.63) is 75.7 Å². The number of carbonyl (C=O) groups is 5. The zero-order valence-electron chi connectivity index (χ0n) is 32.2. The fourth-order valence-corrected chi connectivity index (χ4v) is 10.1. The van der Waals surface area contributed by atoms with Gasteiger partial charge in [0.2, 0.25) is 11.8 Å². The number of piperazine rings is 1. The molecular formula is C42H43ClFN9O6. The number of piperidine rings is 1. The van der Waals surface area contributed by atoms with Gasteiger partial charge in [-0.15, -0.1) is 10.2 Å². The van der Waals surface area contributed by atoms with Crippen molar-refractivity contribution in [1.82, 2.24) is 30.6 Å². The van der Waals surface area contributed by atoms with Gasteiger partial charge in [0.25, 0.3) is 17.7 Å². The Morgan fingerprint density at radius 2 is 1.59 bits per heavy atom. The van der Waals surface area contributed by atoms with E-state index in [0.717, 1.165) is 81.5 Å². The van der Waals surface area contributed by atoms with Crippen LogP contribution in [0.5, 0.6) is 5.75 Å². The predicted molar refractivity (Wildman–Crippen MR) is 211 cm³/mol. The third-order valence-corrected chi connectivity index (χ3v) is 13.3. The number of hydrogen-bond acceptors (Lipinski definition) is 12. The molecule has 0 spiro atoms. The van der Waals surface area contributed by atoms with Crippen LogP contribution in [0.3, 0.4) is 0 Å². The monoisotopic (exact) mass is 823 g/mol. The number of anilines is 2. The summed E-state index contributed by atoms with van der Waals surface area (Å²) in [6.45, 7) is 4.32. The zero-order valence-corrected chi connectivity index (χ0v) is 33.0. The van der Waals surface area contributed by atoms with Crippen molar-refractivity contribution < 1.29 is 33.1 Å². The normalized spacial score (nSPS) is 27.0. The molecule has 1 aromatic heterocycles. The Bertz CT molecular complexity index is 2240. The fourth-order valence-electron chi connectivity index (χ4n) is 9.85. The third kappa shape index (κ3) is 7.57. The summed E-state index contributed by atoms with van der Waals surface area (Å²) in [6.07, 6.45) is 5.25. The van der Waals surface area contributed by atoms with E-state index >= 15 is 4.39 Å². The number of aromatic nitrogens is 2. The third-order valence-electron chi connectivity index (χ3n) is 13.0. The van der Waals surface area contributed by atoms with Crippen LogP contribution in [0.15, 0.2) is 42.5 Å². The molecule has 5 amide bonds. The maximum Gasteiger partial charge on any atom is 0.272 e. The number of benzene rings is 2. The van der Waals surface area contributed by atoms with Gasteiger partial charge in [-0.2, -0.15) is 5.26 Å². The van der Waals surface area contributed by atoms with Crippen molar-refractivity contribution in [1.29, 1.82) is 5.26 Å². The smallest absolute Gasteiger partial charge is 0.272 e. The van der Waals surface area contributed by atoms with Gasteiger partial charge in [0, 0.05) is 63.8 Å². The van der Waals surface area contributed by atoms with E-state index in [-0.39, 0.29) is 53.4 Å². The standard InChI is InChI=1S/C42H43ClFN9O6/c43-32-17-29(4-1-23(32)20-45)59-28-5-2-26(3-6-28)46-39(55)34-7-9-37(49-48-34)52-21-24-15-27(16-25(24)22-52)50-11-13-51(14-12-50)36-19-31-30(18-33(36)44)41(57)53(42(31)58)35-8-10-38(54)47-40(35)56/h1,4,7,9,17-19,24-28,35H,2-3,5-6,8,10-16,21-22H2,(H,46,55)(H,47,54,56)/t24-,25?,26-,27-,28-,35?/m0/s1. The number of fused-ring (bicyclic) bond motifs is 2. The summed E-state index contributed by atoms with van der Waals surface area (Å²) >= 11 is 6.15. The molecule has 4 atom stereocenters. The first kappa shape index (κ1) is 38.8. The molecule has 6 aliphatic rings. The number of nitrogens with zero attached hydrogens (tertiary/aromatic N) is 7. The summed E-state index contributed by atoms with van der Waals surface area (Å²) in [5.74, 6) is -0.965. The van der Waals surface area contributed by atoms with Gasteiger partial charge in [-0.3, -0.25) is 39.1 Å². The van der Waals surface area contributed by atoms with Crippen molar-refractivity contribution in [2.45, 2.75) is 75.6 Å². The number of hydrogen-bond donors (Lipinski definition) is 2. The van der Waals surface area contributed by atoms with Crippen molar-refractivity contribution in [3.8, 4) is 11.8 Å². The molecule has 0 radical (unpaired) electrons. The first-order valence-electron chi connectivity index (χ1n) is 20.3. The molecule has 9 rings (SSSR count). The molecule has 2 N–H and O–H groups in total. The van der Waals surface area contributed by atoms with Gasteiger partial charge in [0.05, 0.1) is 33.5 Å². The van der Waals surface area contributed by atoms with Crippen molar-refractivity contribution >= 4 is 52.6 Å². The molecule has 0 bridgehead atoms. The molecule has 3 aromatic rings. The lowest BCUT2D eigenvalue weighted by atomic mass is 9.93. The van der Waals surface area contributed by atoms with Gasteiger partial charge in [-0.1, -0.05) is 11.6 Å². The minimum absolute atomic E-state index is 0.00630. The Kier molecular flexibility index (Phi) is 10.4. The molecule has 306 valence electrons. The summed E-state index contributed by atoms with van der Waals surface area (Å²) in [5, 5.41) is 23.5. The summed E-state index contributed by atoms with van der Waals surface area (Å²) < 4.78 is 21.6. The molecule has 2 saturated carbocycles. The fraction of sp³-hybridized carbons (Fsp3) is 0.476. The van der Waals surface area contributed by atoms with Gasteiger partial charge < -0.3 is 19.9 Å². The van der Waals surface area contributed by atoms with Crippen LogP contribution in [-0.4, -0.2) is 113 Å². The maximum absolute atomic E-state index is 15.5. The van der Waals surface area contributed by atoms with Crippen LogP contribution in [0.25, 0.3) is 0 Å². The van der Waals surface area contributed by atoms with Gasteiger partial charge in [-0.25, -0.2) is 4.39 Å². The zero-order chi connectivity index (χ0) is 40.9. The minimum atomic E-state index is -1.10. The Hall–Kier alpha value is -5.66. The first-order chi connectivity index (χ1) is 28.5. The van der Waals surface area contributed by atoms with E-state index in [1.54, 1.807) is 24.3 Å². The van der Waals surface area contributed by atoms with Gasteiger partial charge >= 0.3 is 0 Å². The van der Waals surface area contributed by atoms with Crippen LogP contribution in [0.2, 0.25) is 5.02 Å². The number of imide groups is 2. The lowest BCUT2D eigenvalue weighted by Gasteiger charge is -2.39. The lowest BCUT2D eigenvalue weighted by Crippen LogP contribution is -2.54. The topological polar surface area (TPSA) is 181 Å². The second-order valence-electron chi connectivity index (χ2n) is 16.5. The number of carbonyl (C=O) groups excluding carboxylic acids is 5. The average molecular weight is 824 g/mol. The van der Waals surface area contributed by atoms with E-state index in [1.807, 2.05) is 17.0 Å². The van der Waals surface area contributed by atoms with E-state index in [9.17, 15) is 24.0 Å². The number of amides is 5. The quantitative estimate of drug-likeness (QED) is 0.315. The first-order valence-corrected chi connectivity index (χ1v) is 20.7. The van der Waals surface area contributed by atoms with Crippen LogP contribution in [0.4, 0.5) is 15.9 Å². The lowest BCUT2D eigenvalue weighted by molar-refractivity contribution is -0.136. The molecular weight excluding hydrogens is 781 g/mol. The molecule has 17 heteroatoms. The van der Waals surface area contributed by atoms with Crippen molar-refractivity contribution in [2.75, 3.05) is 49.1 Å². The number of nitriles is 1. The molecule has 2 aromatic carbocycles. The van der Waals surface area contributed by atoms with Crippen LogP contribution in [0.1, 0.15) is 88.1 Å². The molecule has 5 fully saturated rings. The molecule has 5 heterocycles. The Labute approximate surface area is 344 Å². The maximum atomic E-state index is 15.5. The summed E-state index contributed by atoms with van der Waals surface area (Å²) in [7, 11) is 0. The highest BCUT2D eigenvalue weighted by atomic mass is 35.5. The van der Waals surface area contributed by atoms with Crippen molar-refractivity contribution in [2.24, 2.45) is 11.8 Å². The number of halogens is 2.